The second-order valence-electron chi connectivity index (χ2n) is 11.8. The van der Waals surface area contributed by atoms with E-state index in [0.29, 0.717) is 4.66 Å². The number of esters is 1. The maximum atomic E-state index is 13.1. The topological polar surface area (TPSA) is 26.3 Å². The van der Waals surface area contributed by atoms with Crippen molar-refractivity contribution in [1.82, 2.24) is 0 Å². The lowest BCUT2D eigenvalue weighted by Crippen LogP contribution is -2.77. The smallest absolute Gasteiger partial charge is 0.312 e. The van der Waals surface area contributed by atoms with E-state index in [1.165, 1.54) is 0 Å². The Morgan fingerprint density at radius 3 is 1.44 bits per heavy atom. The van der Waals surface area contributed by atoms with Crippen LogP contribution in [0.1, 0.15) is 75.7 Å². The van der Waals surface area contributed by atoms with Crippen LogP contribution in [0.4, 0.5) is 0 Å². The molecule has 0 atom stereocenters. The molecule has 0 amide bonds. The zero-order valence-electron chi connectivity index (χ0n) is 19.5. The summed E-state index contributed by atoms with van der Waals surface area (Å²) in [5, 5.41) is -0.0377. The standard InChI is InChI=1S/C21H44O2Si2/c1-15-17(2,3)16(22)23-21(10)18(4,5)24(11,12)20(8,9)25(13,14)19(21,6)7/h15H2,1-14H3. The van der Waals surface area contributed by atoms with E-state index in [0.717, 1.165) is 6.42 Å². The number of ether oxygens (including phenoxy) is 1. The highest BCUT2D eigenvalue weighted by atomic mass is 28.4. The van der Waals surface area contributed by atoms with E-state index in [9.17, 15) is 4.79 Å². The van der Waals surface area contributed by atoms with Crippen molar-refractivity contribution in [3.05, 3.63) is 0 Å². The second kappa shape index (κ2) is 5.70. The Morgan fingerprint density at radius 2 is 1.16 bits per heavy atom. The van der Waals surface area contributed by atoms with Gasteiger partial charge in [-0.05, 0) is 41.9 Å². The van der Waals surface area contributed by atoms with Gasteiger partial charge in [-0.3, -0.25) is 4.79 Å². The molecule has 1 saturated heterocycles. The van der Waals surface area contributed by atoms with Gasteiger partial charge in [-0.25, -0.2) is 0 Å². The van der Waals surface area contributed by atoms with Crippen LogP contribution in [0.5, 0.6) is 0 Å². The molecule has 0 aliphatic carbocycles. The van der Waals surface area contributed by atoms with E-state index in [2.05, 4.69) is 81.6 Å². The van der Waals surface area contributed by atoms with Crippen LogP contribution in [0, 0.1) is 5.41 Å². The molecule has 0 saturated carbocycles. The molecular formula is C21H44O2Si2. The molecule has 25 heavy (non-hydrogen) atoms. The molecule has 1 fully saturated rings. The van der Waals surface area contributed by atoms with Gasteiger partial charge in [-0.1, -0.05) is 74.7 Å². The SMILES string of the molecule is CCC(C)(C)C(=O)OC1(C)C(C)(C)[Si](C)(C)C(C)(C)[Si](C)(C)C1(C)C. The summed E-state index contributed by atoms with van der Waals surface area (Å²) in [7, 11) is -3.51. The third kappa shape index (κ3) is 2.49. The molecule has 0 spiro atoms. The highest BCUT2D eigenvalue weighted by molar-refractivity contribution is 7.03. The molecule has 1 aliphatic heterocycles. The van der Waals surface area contributed by atoms with Crippen LogP contribution in [-0.2, 0) is 9.53 Å². The van der Waals surface area contributed by atoms with Crippen molar-refractivity contribution in [2.75, 3.05) is 0 Å². The van der Waals surface area contributed by atoms with Crippen LogP contribution in [0.3, 0.4) is 0 Å². The lowest BCUT2D eigenvalue weighted by molar-refractivity contribution is -0.178. The molecule has 0 bridgehead atoms. The third-order valence-electron chi connectivity index (χ3n) is 10.4. The number of rotatable bonds is 3. The highest BCUT2D eigenvalue weighted by Crippen LogP contribution is 2.76. The summed E-state index contributed by atoms with van der Waals surface area (Å²) in [6.07, 6.45) is 0.801. The van der Waals surface area contributed by atoms with Crippen LogP contribution in [0.15, 0.2) is 0 Å². The number of hydrogen-bond acceptors (Lipinski definition) is 2. The predicted octanol–water partition coefficient (Wildman–Crippen LogP) is 7.03. The first-order valence-corrected chi connectivity index (χ1v) is 15.9. The van der Waals surface area contributed by atoms with Gasteiger partial charge >= 0.3 is 5.97 Å². The van der Waals surface area contributed by atoms with Gasteiger partial charge in [-0.2, -0.15) is 0 Å². The fourth-order valence-corrected chi connectivity index (χ4v) is 19.5. The molecule has 0 unspecified atom stereocenters. The quantitative estimate of drug-likeness (QED) is 0.385. The first-order chi connectivity index (χ1) is 10.7. The van der Waals surface area contributed by atoms with Crippen LogP contribution in [-0.4, -0.2) is 27.7 Å². The Balaban J connectivity index is 3.70. The van der Waals surface area contributed by atoms with Gasteiger partial charge in [0, 0.05) is 0 Å². The van der Waals surface area contributed by atoms with Gasteiger partial charge in [0.05, 0.1) is 21.6 Å². The zero-order chi connectivity index (χ0) is 20.5. The Hall–Kier alpha value is -0.0962. The fourth-order valence-electron chi connectivity index (χ4n) is 5.04. The van der Waals surface area contributed by atoms with Crippen molar-refractivity contribution >= 4 is 22.1 Å². The van der Waals surface area contributed by atoms with Crippen molar-refractivity contribution < 1.29 is 9.53 Å². The first-order valence-electron chi connectivity index (χ1n) is 9.92. The molecule has 4 heteroatoms. The number of carbonyl (C=O) groups is 1. The molecule has 0 aromatic rings. The van der Waals surface area contributed by atoms with Crippen molar-refractivity contribution in [3.8, 4) is 0 Å². The monoisotopic (exact) mass is 384 g/mol. The van der Waals surface area contributed by atoms with E-state index in [1.54, 1.807) is 0 Å². The summed E-state index contributed by atoms with van der Waals surface area (Å²) in [4.78, 5) is 13.1. The summed E-state index contributed by atoms with van der Waals surface area (Å²) in [6, 6.07) is 0. The molecule has 0 aromatic heterocycles. The molecule has 0 N–H and O–H groups in total. The normalized spacial score (nSPS) is 28.2. The summed E-state index contributed by atoms with van der Waals surface area (Å²) in [5.74, 6) is -0.0343. The molecule has 1 heterocycles. The van der Waals surface area contributed by atoms with Crippen LogP contribution >= 0.6 is 0 Å². The maximum Gasteiger partial charge on any atom is 0.312 e. The maximum absolute atomic E-state index is 13.1. The molecule has 148 valence electrons. The van der Waals surface area contributed by atoms with Gasteiger partial charge in [0.1, 0.15) is 5.60 Å². The van der Waals surface area contributed by atoms with Crippen molar-refractivity contribution in [2.24, 2.45) is 5.41 Å². The van der Waals surface area contributed by atoms with E-state index < -0.39 is 27.2 Å². The molecule has 0 aromatic carbocycles. The average Bonchev–Trinajstić information content (AvgIpc) is 2.44. The highest BCUT2D eigenvalue weighted by Gasteiger charge is 2.76. The van der Waals surface area contributed by atoms with E-state index in [-0.39, 0.29) is 16.0 Å². The van der Waals surface area contributed by atoms with Gasteiger partial charge < -0.3 is 4.74 Å². The molecule has 1 rings (SSSR count). The third-order valence-corrected chi connectivity index (χ3v) is 27.6. The van der Waals surface area contributed by atoms with Crippen LogP contribution in [0.2, 0.25) is 40.9 Å². The zero-order valence-corrected chi connectivity index (χ0v) is 21.5. The van der Waals surface area contributed by atoms with Crippen molar-refractivity contribution in [2.45, 2.75) is 122 Å². The molecule has 2 nitrogen and oxygen atoms in total. The Bertz CT molecular complexity index is 524. The van der Waals surface area contributed by atoms with Crippen molar-refractivity contribution in [3.63, 3.8) is 0 Å². The molecular weight excluding hydrogens is 340 g/mol. The minimum Gasteiger partial charge on any atom is -0.458 e. The minimum atomic E-state index is -1.76. The second-order valence-corrected chi connectivity index (χ2v) is 23.8. The largest absolute Gasteiger partial charge is 0.458 e. The summed E-state index contributed by atoms with van der Waals surface area (Å²) >= 11 is 0. The van der Waals surface area contributed by atoms with Crippen LogP contribution in [0.25, 0.3) is 0 Å². The minimum absolute atomic E-state index is 0.0188. The summed E-state index contributed by atoms with van der Waals surface area (Å²) in [6.45, 7) is 32.9. The first kappa shape index (κ1) is 22.9. The average molecular weight is 385 g/mol. The van der Waals surface area contributed by atoms with E-state index in [1.807, 2.05) is 13.8 Å². The van der Waals surface area contributed by atoms with Crippen LogP contribution < -0.4 is 0 Å². The lowest BCUT2D eigenvalue weighted by atomic mass is 9.79. The fraction of sp³-hybridized carbons (Fsp3) is 0.952. The Morgan fingerprint density at radius 1 is 0.840 bits per heavy atom. The number of carbonyl (C=O) groups excluding carboxylic acids is 1. The molecule has 1 aliphatic rings. The van der Waals surface area contributed by atoms with E-state index >= 15 is 0 Å². The Kier molecular flexibility index (Phi) is 5.23. The van der Waals surface area contributed by atoms with Gasteiger partial charge in [0.2, 0.25) is 0 Å². The molecule has 0 radical (unpaired) electrons. The van der Waals surface area contributed by atoms with Gasteiger partial charge in [0.15, 0.2) is 0 Å². The lowest BCUT2D eigenvalue weighted by Gasteiger charge is -2.74. The Labute approximate surface area is 159 Å². The van der Waals surface area contributed by atoms with Crippen molar-refractivity contribution in [1.29, 1.82) is 0 Å². The van der Waals surface area contributed by atoms with Gasteiger partial charge in [-0.15, -0.1) is 0 Å². The van der Waals surface area contributed by atoms with Gasteiger partial charge in [0.25, 0.3) is 0 Å². The number of hydrogen-bond donors (Lipinski definition) is 0. The summed E-state index contributed by atoms with van der Waals surface area (Å²) in [5.41, 5.74) is -0.885. The summed E-state index contributed by atoms with van der Waals surface area (Å²) < 4.78 is 6.91. The van der Waals surface area contributed by atoms with E-state index in [4.69, 9.17) is 4.74 Å². The predicted molar refractivity (Wildman–Crippen MR) is 116 cm³/mol.